The van der Waals surface area contributed by atoms with Gasteiger partial charge in [0.15, 0.2) is 11.2 Å². The molecule has 1 saturated heterocycles. The van der Waals surface area contributed by atoms with E-state index in [1.54, 1.807) is 52.5 Å². The molecule has 75 heavy (non-hydrogen) atoms. The van der Waals surface area contributed by atoms with Crippen molar-refractivity contribution in [1.82, 2.24) is 44.8 Å². The number of hydrogen-bond acceptors (Lipinski definition) is 15. The highest BCUT2D eigenvalue weighted by atomic mass is 32.1. The number of aliphatic hydroxyl groups is 1. The van der Waals surface area contributed by atoms with E-state index in [0.29, 0.717) is 70.8 Å². The van der Waals surface area contributed by atoms with Crippen LogP contribution < -0.4 is 26.6 Å². The molecule has 0 spiro atoms. The van der Waals surface area contributed by atoms with E-state index in [2.05, 4.69) is 41.3 Å². The molecule has 4 N–H and O–H groups in total. The molecule has 1 fully saturated rings. The van der Waals surface area contributed by atoms with Crippen molar-refractivity contribution in [2.24, 2.45) is 17.3 Å². The number of nitrogens with one attached hydrogen (secondary N) is 3. The number of benzene rings is 4. The van der Waals surface area contributed by atoms with Crippen molar-refractivity contribution in [3.63, 3.8) is 0 Å². The first-order valence-electron chi connectivity index (χ1n) is 24.3. The average molecular weight is 1040 g/mol. The zero-order valence-electron chi connectivity index (χ0n) is 40.9. The molecule has 10 rings (SSSR count). The van der Waals surface area contributed by atoms with Crippen molar-refractivity contribution in [2.45, 2.75) is 57.2 Å². The fourth-order valence-corrected chi connectivity index (χ4v) is 10.3. The van der Waals surface area contributed by atoms with E-state index < -0.39 is 11.5 Å². The summed E-state index contributed by atoms with van der Waals surface area (Å²) in [4.78, 5) is 81.6. The van der Waals surface area contributed by atoms with Crippen LogP contribution in [0.4, 0.5) is 10.3 Å². The molecule has 19 nitrogen and oxygen atoms in total. The Balaban J connectivity index is 0.685. The van der Waals surface area contributed by atoms with E-state index in [1.165, 1.54) is 38.6 Å². The van der Waals surface area contributed by atoms with E-state index in [1.807, 2.05) is 97.2 Å². The van der Waals surface area contributed by atoms with E-state index >= 15 is 0 Å². The standard InChI is InChI=1S/C54H51N13O6S2/c1-34(36-9-5-3-6-10-36)29-43(69)65-26-22-54(73,23-27-65)32-66-33-58-45-47(50(66)71)62-64(2)48(45)39-15-13-35(14-16-39)30-57-42(68)21-24-55-49(70)40-19-17-37(18-20-40)41-31-75-53(59-41)67-51(72)46(60-61-52-56-25-28-74-52)44(63-67)38-11-7-4-8-12-38/h3-20,25,28,31,33-34,73H,21-24,26-27,29-30,32H2,1-2H3,(H,55,70)(H,56,61)(H,57,68)/b60-46+/t34-/m1/s1. The highest BCUT2D eigenvalue weighted by molar-refractivity contribution is 7.14. The molecule has 0 saturated carbocycles. The number of hydrazone groups is 2. The molecule has 380 valence electrons. The third-order valence-corrected chi connectivity index (χ3v) is 14.7. The summed E-state index contributed by atoms with van der Waals surface area (Å²) in [7, 11) is 1.74. The smallest absolute Gasteiger partial charge is 0.303 e. The van der Waals surface area contributed by atoms with Gasteiger partial charge in [-0.15, -0.1) is 22.7 Å². The molecule has 0 bridgehead atoms. The quantitative estimate of drug-likeness (QED) is 0.0712. The molecular weight excluding hydrogens is 991 g/mol. The summed E-state index contributed by atoms with van der Waals surface area (Å²) < 4.78 is 3.01. The van der Waals surface area contributed by atoms with E-state index in [-0.39, 0.29) is 66.5 Å². The van der Waals surface area contributed by atoms with Gasteiger partial charge in [-0.1, -0.05) is 104 Å². The predicted octanol–water partition coefficient (Wildman–Crippen LogP) is 6.58. The maximum absolute atomic E-state index is 13.7. The summed E-state index contributed by atoms with van der Waals surface area (Å²) in [5.41, 5.74) is 8.26. The van der Waals surface area contributed by atoms with Crippen LogP contribution in [0.15, 0.2) is 147 Å². The Labute approximate surface area is 438 Å². The summed E-state index contributed by atoms with van der Waals surface area (Å²) in [5.74, 6) is -0.889. The van der Waals surface area contributed by atoms with Crippen molar-refractivity contribution < 1.29 is 24.3 Å². The van der Waals surface area contributed by atoms with Crippen LogP contribution in [0.2, 0.25) is 0 Å². The van der Waals surface area contributed by atoms with Gasteiger partial charge in [-0.25, -0.2) is 15.0 Å². The number of amides is 4. The Morgan fingerprint density at radius 3 is 2.28 bits per heavy atom. The second kappa shape index (κ2) is 21.9. The molecule has 2 aliphatic rings. The monoisotopic (exact) mass is 1040 g/mol. The second-order valence-electron chi connectivity index (χ2n) is 18.4. The lowest BCUT2D eigenvalue weighted by Gasteiger charge is -2.38. The zero-order valence-corrected chi connectivity index (χ0v) is 42.6. The van der Waals surface area contributed by atoms with Crippen molar-refractivity contribution in [3.8, 4) is 22.5 Å². The van der Waals surface area contributed by atoms with Crippen molar-refractivity contribution in [1.29, 1.82) is 0 Å². The van der Waals surface area contributed by atoms with Gasteiger partial charge in [0, 0.05) is 85.3 Å². The van der Waals surface area contributed by atoms with Crippen LogP contribution in [-0.4, -0.2) is 99.6 Å². The first-order chi connectivity index (χ1) is 36.4. The van der Waals surface area contributed by atoms with E-state index in [9.17, 15) is 29.1 Å². The number of carbonyl (C=O) groups excluding carboxylic acids is 4. The van der Waals surface area contributed by atoms with Gasteiger partial charge in [0.2, 0.25) is 22.1 Å². The second-order valence-corrected chi connectivity index (χ2v) is 20.1. The maximum atomic E-state index is 13.7. The number of rotatable bonds is 17. The Hall–Kier alpha value is -8.53. The molecule has 4 aromatic carbocycles. The van der Waals surface area contributed by atoms with Crippen molar-refractivity contribution >= 4 is 79.0 Å². The summed E-state index contributed by atoms with van der Waals surface area (Å²) in [6.07, 6.45) is 4.21. The van der Waals surface area contributed by atoms with Gasteiger partial charge in [-0.05, 0) is 42.0 Å². The molecule has 8 aromatic rings. The molecule has 1 atom stereocenters. The Bertz CT molecular complexity index is 3500. The predicted molar refractivity (Wildman–Crippen MR) is 288 cm³/mol. The molecule has 0 unspecified atom stereocenters. The molecule has 4 aromatic heterocycles. The van der Waals surface area contributed by atoms with Crippen molar-refractivity contribution in [2.75, 3.05) is 30.1 Å². The van der Waals surface area contributed by atoms with Crippen LogP contribution in [0.1, 0.15) is 65.6 Å². The lowest BCUT2D eigenvalue weighted by atomic mass is 9.90. The lowest BCUT2D eigenvalue weighted by Crippen LogP contribution is -2.49. The SMILES string of the molecule is C[C@H](CC(=O)N1CCC(O)(Cn2cnc3c(-c4ccc(CNC(=O)CCNC(=O)c5ccc(-c6csc(N7N=C(c8ccccc8)/C(=N\Nc8nccs8)C7=O)n6)cc5)cc4)n(C)nc3c2=O)CC1)c1ccccc1. The van der Waals surface area contributed by atoms with Crippen LogP contribution in [0.5, 0.6) is 0 Å². The van der Waals surface area contributed by atoms with E-state index in [4.69, 9.17) is 4.98 Å². The molecule has 4 amide bonds. The molecular formula is C54H51N13O6S2. The molecule has 21 heteroatoms. The fourth-order valence-electron chi connectivity index (χ4n) is 9.01. The minimum atomic E-state index is -1.18. The normalized spacial score (nSPS) is 15.3. The van der Waals surface area contributed by atoms with Gasteiger partial charge >= 0.3 is 5.91 Å². The van der Waals surface area contributed by atoms with Gasteiger partial charge in [0.25, 0.3) is 11.5 Å². The highest BCUT2D eigenvalue weighted by Crippen LogP contribution is 2.32. The van der Waals surface area contributed by atoms with Crippen LogP contribution in [0.25, 0.3) is 33.5 Å². The first-order valence-corrected chi connectivity index (χ1v) is 26.0. The molecule has 0 aliphatic carbocycles. The van der Waals surface area contributed by atoms with Gasteiger partial charge < -0.3 is 20.6 Å². The zero-order chi connectivity index (χ0) is 52.1. The Morgan fingerprint density at radius 2 is 1.56 bits per heavy atom. The maximum Gasteiger partial charge on any atom is 0.303 e. The third-order valence-electron chi connectivity index (χ3n) is 13.2. The van der Waals surface area contributed by atoms with Crippen LogP contribution in [0.3, 0.4) is 0 Å². The number of aryl methyl sites for hydroxylation is 1. The van der Waals surface area contributed by atoms with Crippen LogP contribution in [0, 0.1) is 0 Å². The van der Waals surface area contributed by atoms with Crippen LogP contribution >= 0.6 is 22.7 Å². The summed E-state index contributed by atoms with van der Waals surface area (Å²) in [6, 6.07) is 33.6. The topological polar surface area (TPSA) is 234 Å². The Morgan fingerprint density at radius 1 is 0.840 bits per heavy atom. The number of hydrogen-bond donors (Lipinski definition) is 4. The highest BCUT2D eigenvalue weighted by Gasteiger charge is 2.37. The molecule has 6 heterocycles. The number of likely N-dealkylation sites (tertiary alicyclic amines) is 1. The van der Waals surface area contributed by atoms with Gasteiger partial charge in [0.1, 0.15) is 11.2 Å². The number of aromatic nitrogens is 6. The minimum Gasteiger partial charge on any atom is -0.388 e. The first kappa shape index (κ1) is 50.0. The number of thiazole rings is 2. The largest absolute Gasteiger partial charge is 0.388 e. The molecule has 2 aliphatic heterocycles. The summed E-state index contributed by atoms with van der Waals surface area (Å²) in [6.45, 7) is 3.25. The van der Waals surface area contributed by atoms with Gasteiger partial charge in [-0.2, -0.15) is 20.3 Å². The fraction of sp³-hybridized carbons (Fsp3) is 0.241. The number of fused-ring (bicyclic) bond motifs is 1. The number of nitrogens with zero attached hydrogens (tertiary/aromatic N) is 10. The van der Waals surface area contributed by atoms with Crippen molar-refractivity contribution in [3.05, 3.63) is 165 Å². The number of piperidine rings is 1. The third kappa shape index (κ3) is 11.2. The summed E-state index contributed by atoms with van der Waals surface area (Å²) >= 11 is 2.60. The van der Waals surface area contributed by atoms with Crippen LogP contribution in [-0.2, 0) is 34.5 Å². The van der Waals surface area contributed by atoms with E-state index in [0.717, 1.165) is 27.8 Å². The molecule has 0 radical (unpaired) electrons. The van der Waals surface area contributed by atoms with Gasteiger partial charge in [-0.3, -0.25) is 38.6 Å². The Kier molecular flexibility index (Phi) is 14.6. The number of carbonyl (C=O) groups is 4. The number of anilines is 2. The average Bonchev–Trinajstić information content (AvgIpc) is 4.27. The lowest BCUT2D eigenvalue weighted by molar-refractivity contribution is -0.136. The minimum absolute atomic E-state index is 0.0338. The van der Waals surface area contributed by atoms with Gasteiger partial charge in [0.05, 0.1) is 29.9 Å². The summed E-state index contributed by atoms with van der Waals surface area (Å²) in [5, 5.41) is 36.5.